The van der Waals surface area contributed by atoms with Crippen molar-refractivity contribution in [3.63, 3.8) is 0 Å². The Morgan fingerprint density at radius 1 is 0.941 bits per heavy atom. The number of amides is 1. The van der Waals surface area contributed by atoms with E-state index >= 15 is 0 Å². The summed E-state index contributed by atoms with van der Waals surface area (Å²) in [6, 6.07) is 19.1. The van der Waals surface area contributed by atoms with Crippen LogP contribution in [0.3, 0.4) is 0 Å². The molecule has 1 amide bonds. The third-order valence-electron chi connectivity index (χ3n) is 6.18. The Balaban J connectivity index is 1.69. The Morgan fingerprint density at radius 3 is 2.50 bits per heavy atom. The quantitative estimate of drug-likeness (QED) is 0.565. The molecule has 2 atom stereocenters. The lowest BCUT2D eigenvalue weighted by atomic mass is 9.74. The number of Topliss-reactive ketones (excluding diaryl/α,β-unsaturated/α-hetero) is 1. The van der Waals surface area contributed by atoms with Crippen LogP contribution in [0.2, 0.25) is 0 Å². The van der Waals surface area contributed by atoms with Gasteiger partial charge < -0.3 is 24.4 Å². The molecule has 0 aromatic heterocycles. The van der Waals surface area contributed by atoms with E-state index in [0.717, 1.165) is 0 Å². The van der Waals surface area contributed by atoms with Crippen LogP contribution in [-0.4, -0.2) is 38.7 Å². The van der Waals surface area contributed by atoms with Crippen molar-refractivity contribution >= 4 is 23.1 Å². The normalized spacial score (nSPS) is 20.3. The summed E-state index contributed by atoms with van der Waals surface area (Å²) in [7, 11) is 4.59. The van der Waals surface area contributed by atoms with Gasteiger partial charge in [0.15, 0.2) is 17.3 Å². The van der Waals surface area contributed by atoms with E-state index < -0.39 is 17.4 Å². The van der Waals surface area contributed by atoms with E-state index in [1.165, 1.54) is 21.3 Å². The lowest BCUT2D eigenvalue weighted by Crippen LogP contribution is -2.46. The van der Waals surface area contributed by atoms with Crippen molar-refractivity contribution in [2.45, 2.75) is 5.60 Å². The maximum Gasteiger partial charge on any atom is 0.277 e. The predicted octanol–water partition coefficient (Wildman–Crippen LogP) is 3.79. The molecule has 8 nitrogen and oxygen atoms in total. The molecule has 0 saturated heterocycles. The van der Waals surface area contributed by atoms with E-state index in [2.05, 4.69) is 10.5 Å². The zero-order chi connectivity index (χ0) is 23.9. The molecule has 2 unspecified atom stereocenters. The molecule has 5 rings (SSSR count). The van der Waals surface area contributed by atoms with Gasteiger partial charge in [-0.25, -0.2) is 0 Å². The maximum absolute atomic E-state index is 14.0. The molecule has 0 aliphatic carbocycles. The first-order chi connectivity index (χ1) is 16.5. The highest BCUT2D eigenvalue weighted by molar-refractivity contribution is 6.25. The molecule has 2 aliphatic rings. The first-order valence-electron chi connectivity index (χ1n) is 10.6. The summed E-state index contributed by atoms with van der Waals surface area (Å²) >= 11 is 0. The number of para-hydroxylation sites is 1. The van der Waals surface area contributed by atoms with Crippen LogP contribution in [0.5, 0.6) is 17.2 Å². The highest BCUT2D eigenvalue weighted by atomic mass is 16.7. The number of nitrogens with zero attached hydrogens (tertiary/aromatic N) is 1. The van der Waals surface area contributed by atoms with E-state index in [9.17, 15) is 9.59 Å². The minimum absolute atomic E-state index is 0.320. The number of hydrogen-bond donors (Lipinski definition) is 1. The number of rotatable bonds is 6. The van der Waals surface area contributed by atoms with E-state index in [0.29, 0.717) is 45.3 Å². The fraction of sp³-hybridized carbons (Fsp3) is 0.192. The van der Waals surface area contributed by atoms with Crippen LogP contribution < -0.4 is 19.5 Å². The SMILES string of the molecule is COc1cccc(C(=O)C2C(c3ccc(OC)c(OC)c3)=NOC23C(=O)Nc2ccccc23)c1. The second-order valence-electron chi connectivity index (χ2n) is 7.90. The minimum atomic E-state index is -1.64. The molecule has 8 heteroatoms. The number of benzene rings is 3. The van der Waals surface area contributed by atoms with Crippen LogP contribution in [0.4, 0.5) is 5.69 Å². The third kappa shape index (κ3) is 3.10. The summed E-state index contributed by atoms with van der Waals surface area (Å²) in [6.07, 6.45) is 0. The topological polar surface area (TPSA) is 95.5 Å². The van der Waals surface area contributed by atoms with Crippen molar-refractivity contribution in [2.24, 2.45) is 11.1 Å². The van der Waals surface area contributed by atoms with Crippen LogP contribution >= 0.6 is 0 Å². The molecule has 0 fully saturated rings. The number of anilines is 1. The number of oxime groups is 1. The molecule has 3 aromatic rings. The van der Waals surface area contributed by atoms with Crippen molar-refractivity contribution in [2.75, 3.05) is 26.6 Å². The number of nitrogens with one attached hydrogen (secondary N) is 1. The monoisotopic (exact) mass is 458 g/mol. The first-order valence-corrected chi connectivity index (χ1v) is 10.6. The number of methoxy groups -OCH3 is 3. The molecule has 3 aromatic carbocycles. The second-order valence-corrected chi connectivity index (χ2v) is 7.90. The van der Waals surface area contributed by atoms with Gasteiger partial charge in [-0.1, -0.05) is 35.5 Å². The van der Waals surface area contributed by atoms with Gasteiger partial charge in [0.2, 0.25) is 0 Å². The molecule has 0 radical (unpaired) electrons. The summed E-state index contributed by atoms with van der Waals surface area (Å²) in [4.78, 5) is 33.3. The van der Waals surface area contributed by atoms with Crippen LogP contribution in [-0.2, 0) is 15.2 Å². The highest BCUT2D eigenvalue weighted by Gasteiger charge is 2.63. The zero-order valence-corrected chi connectivity index (χ0v) is 18.8. The predicted molar refractivity (Wildman–Crippen MR) is 125 cm³/mol. The van der Waals surface area contributed by atoms with Crippen molar-refractivity contribution < 1.29 is 28.6 Å². The van der Waals surface area contributed by atoms with Gasteiger partial charge >= 0.3 is 0 Å². The largest absolute Gasteiger partial charge is 0.497 e. The summed E-state index contributed by atoms with van der Waals surface area (Å²) < 4.78 is 16.1. The number of ether oxygens (including phenoxy) is 3. The number of fused-ring (bicyclic) bond motifs is 2. The molecule has 2 aliphatic heterocycles. The standard InChI is InChI=1S/C26H22N2O6/c1-31-17-8-6-7-16(13-17)24(29)22-23(15-11-12-20(32-2)21(14-15)33-3)28-34-26(22)18-9-4-5-10-19(18)27-25(26)30/h4-14,22H,1-3H3,(H,27,30). The average Bonchev–Trinajstić information content (AvgIpc) is 3.42. The summed E-state index contributed by atoms with van der Waals surface area (Å²) in [6.45, 7) is 0. The summed E-state index contributed by atoms with van der Waals surface area (Å²) in [5.41, 5.74) is 0.771. The van der Waals surface area contributed by atoms with E-state index in [-0.39, 0.29) is 5.78 Å². The number of hydrogen-bond acceptors (Lipinski definition) is 7. The van der Waals surface area contributed by atoms with Gasteiger partial charge in [0.05, 0.1) is 21.3 Å². The van der Waals surface area contributed by atoms with E-state index in [1.807, 2.05) is 6.07 Å². The van der Waals surface area contributed by atoms with E-state index in [1.54, 1.807) is 60.7 Å². The molecule has 0 saturated carbocycles. The first kappa shape index (κ1) is 21.5. The van der Waals surface area contributed by atoms with Crippen molar-refractivity contribution in [3.05, 3.63) is 83.4 Å². The summed E-state index contributed by atoms with van der Waals surface area (Å²) in [5.74, 6) is -0.306. The van der Waals surface area contributed by atoms with Gasteiger partial charge in [-0.15, -0.1) is 0 Å². The van der Waals surface area contributed by atoms with Crippen molar-refractivity contribution in [1.82, 2.24) is 0 Å². The van der Waals surface area contributed by atoms with Gasteiger partial charge in [-0.05, 0) is 36.4 Å². The van der Waals surface area contributed by atoms with Crippen molar-refractivity contribution in [1.29, 1.82) is 0 Å². The Kier molecular flexibility index (Phi) is 5.20. The Hall–Kier alpha value is -4.33. The van der Waals surface area contributed by atoms with Gasteiger partial charge in [-0.3, -0.25) is 9.59 Å². The lowest BCUT2D eigenvalue weighted by Gasteiger charge is -2.27. The van der Waals surface area contributed by atoms with Crippen LogP contribution in [0.15, 0.2) is 71.9 Å². The van der Waals surface area contributed by atoms with Gasteiger partial charge in [0.25, 0.3) is 11.5 Å². The van der Waals surface area contributed by atoms with Crippen LogP contribution in [0.25, 0.3) is 0 Å². The third-order valence-corrected chi connectivity index (χ3v) is 6.18. The van der Waals surface area contributed by atoms with Crippen LogP contribution in [0, 0.1) is 5.92 Å². The number of ketones is 1. The smallest absolute Gasteiger partial charge is 0.277 e. The molecular formula is C26H22N2O6. The Morgan fingerprint density at radius 2 is 1.74 bits per heavy atom. The zero-order valence-electron chi connectivity index (χ0n) is 18.8. The van der Waals surface area contributed by atoms with Gasteiger partial charge in [-0.2, -0.15) is 0 Å². The van der Waals surface area contributed by atoms with E-state index in [4.69, 9.17) is 19.0 Å². The summed E-state index contributed by atoms with van der Waals surface area (Å²) in [5, 5.41) is 7.14. The maximum atomic E-state index is 14.0. The molecule has 0 bridgehead atoms. The van der Waals surface area contributed by atoms with Gasteiger partial charge in [0, 0.05) is 22.4 Å². The number of carbonyl (C=O) groups is 2. The second kappa shape index (κ2) is 8.22. The van der Waals surface area contributed by atoms with Gasteiger partial charge in [0.1, 0.15) is 17.4 Å². The Labute approximate surface area is 196 Å². The molecule has 1 spiro atoms. The molecule has 172 valence electrons. The average molecular weight is 458 g/mol. The number of carbonyl (C=O) groups excluding carboxylic acids is 2. The molecule has 2 heterocycles. The highest BCUT2D eigenvalue weighted by Crippen LogP contribution is 2.50. The van der Waals surface area contributed by atoms with Crippen molar-refractivity contribution in [3.8, 4) is 17.2 Å². The molecule has 34 heavy (non-hydrogen) atoms. The fourth-order valence-corrected chi connectivity index (χ4v) is 4.52. The fourth-order valence-electron chi connectivity index (χ4n) is 4.52. The lowest BCUT2D eigenvalue weighted by molar-refractivity contribution is -0.140. The minimum Gasteiger partial charge on any atom is -0.497 e. The molecule has 1 N–H and O–H groups in total. The Bertz CT molecular complexity index is 1330. The van der Waals surface area contributed by atoms with Crippen LogP contribution in [0.1, 0.15) is 21.5 Å². The molecular weight excluding hydrogens is 436 g/mol.